The van der Waals surface area contributed by atoms with Gasteiger partial charge in [-0.2, -0.15) is 0 Å². The van der Waals surface area contributed by atoms with Crippen LogP contribution in [0.4, 0.5) is 11.5 Å². The van der Waals surface area contributed by atoms with E-state index in [2.05, 4.69) is 76.4 Å². The Morgan fingerprint density at radius 2 is 1.82 bits per heavy atom. The summed E-state index contributed by atoms with van der Waals surface area (Å²) in [7, 11) is 4.13. The van der Waals surface area contributed by atoms with Gasteiger partial charge in [-0.3, -0.25) is 4.99 Å². The van der Waals surface area contributed by atoms with Crippen molar-refractivity contribution in [1.82, 2.24) is 15.2 Å². The first-order chi connectivity index (χ1) is 13.7. The lowest BCUT2D eigenvalue weighted by Crippen LogP contribution is -2.52. The van der Waals surface area contributed by atoms with Crippen LogP contribution in [0.1, 0.15) is 12.5 Å². The van der Waals surface area contributed by atoms with Crippen LogP contribution >= 0.6 is 0 Å². The van der Waals surface area contributed by atoms with Gasteiger partial charge in [-0.1, -0.05) is 18.2 Å². The van der Waals surface area contributed by atoms with Crippen molar-refractivity contribution in [3.05, 3.63) is 54.2 Å². The highest BCUT2D eigenvalue weighted by atomic mass is 15.4. The Morgan fingerprint density at radius 3 is 2.43 bits per heavy atom. The summed E-state index contributed by atoms with van der Waals surface area (Å²) in [6, 6.07) is 14.8. The number of aromatic nitrogens is 1. The Bertz CT molecular complexity index is 733. The molecular weight excluding hydrogens is 348 g/mol. The van der Waals surface area contributed by atoms with Crippen LogP contribution in [0.5, 0.6) is 0 Å². The molecule has 6 heteroatoms. The van der Waals surface area contributed by atoms with Gasteiger partial charge in [0.25, 0.3) is 0 Å². The number of anilines is 2. The minimum absolute atomic E-state index is 0.796. The van der Waals surface area contributed by atoms with Crippen molar-refractivity contribution in [3.8, 4) is 0 Å². The zero-order valence-electron chi connectivity index (χ0n) is 17.3. The molecule has 1 aromatic carbocycles. The summed E-state index contributed by atoms with van der Waals surface area (Å²) in [6.45, 7) is 7.65. The Morgan fingerprint density at radius 1 is 1.07 bits per heavy atom. The zero-order chi connectivity index (χ0) is 19.8. The molecule has 6 nitrogen and oxygen atoms in total. The summed E-state index contributed by atoms with van der Waals surface area (Å²) in [4.78, 5) is 16.2. The Labute approximate surface area is 168 Å². The van der Waals surface area contributed by atoms with Crippen molar-refractivity contribution in [1.29, 1.82) is 0 Å². The van der Waals surface area contributed by atoms with Crippen molar-refractivity contribution in [2.75, 3.05) is 63.2 Å². The molecule has 0 saturated carbocycles. The predicted molar refractivity (Wildman–Crippen MR) is 118 cm³/mol. The van der Waals surface area contributed by atoms with Crippen LogP contribution in [0.25, 0.3) is 0 Å². The third kappa shape index (κ3) is 5.38. The normalized spacial score (nSPS) is 14.9. The molecule has 0 unspecified atom stereocenters. The molecule has 3 rings (SSSR count). The van der Waals surface area contributed by atoms with Crippen LogP contribution < -0.4 is 15.1 Å². The number of guanidine groups is 1. The summed E-state index contributed by atoms with van der Waals surface area (Å²) in [5.74, 6) is 2.08. The molecule has 2 heterocycles. The maximum absolute atomic E-state index is 4.87. The number of piperazine rings is 1. The fourth-order valence-corrected chi connectivity index (χ4v) is 3.37. The van der Waals surface area contributed by atoms with Crippen molar-refractivity contribution in [3.63, 3.8) is 0 Å². The topological polar surface area (TPSA) is 47.0 Å². The van der Waals surface area contributed by atoms with E-state index in [1.54, 1.807) is 0 Å². The molecule has 1 saturated heterocycles. The van der Waals surface area contributed by atoms with Crippen molar-refractivity contribution in [2.45, 2.75) is 13.3 Å². The molecule has 0 radical (unpaired) electrons. The lowest BCUT2D eigenvalue weighted by atomic mass is 10.1. The van der Waals surface area contributed by atoms with Gasteiger partial charge in [0.05, 0.1) is 0 Å². The van der Waals surface area contributed by atoms with Crippen LogP contribution in [-0.2, 0) is 6.42 Å². The second kappa shape index (κ2) is 9.97. The van der Waals surface area contributed by atoms with Gasteiger partial charge in [0.1, 0.15) is 5.82 Å². The number of nitrogens with zero attached hydrogens (tertiary/aromatic N) is 5. The fraction of sp³-hybridized carbons (Fsp3) is 0.455. The smallest absolute Gasteiger partial charge is 0.194 e. The summed E-state index contributed by atoms with van der Waals surface area (Å²) >= 11 is 0. The van der Waals surface area contributed by atoms with Crippen LogP contribution in [0.2, 0.25) is 0 Å². The molecule has 0 spiro atoms. The molecule has 1 N–H and O–H groups in total. The van der Waals surface area contributed by atoms with Crippen LogP contribution in [0.3, 0.4) is 0 Å². The van der Waals surface area contributed by atoms with Gasteiger partial charge in [-0.05, 0) is 43.2 Å². The first kappa shape index (κ1) is 20.0. The number of benzene rings is 1. The average Bonchev–Trinajstić information content (AvgIpc) is 2.74. The maximum atomic E-state index is 4.87. The molecule has 1 aliphatic heterocycles. The highest BCUT2D eigenvalue weighted by Crippen LogP contribution is 2.14. The van der Waals surface area contributed by atoms with E-state index >= 15 is 0 Å². The summed E-state index contributed by atoms with van der Waals surface area (Å²) in [5, 5.41) is 3.45. The fourth-order valence-electron chi connectivity index (χ4n) is 3.37. The second-order valence-electron chi connectivity index (χ2n) is 7.21. The molecule has 1 aliphatic rings. The minimum atomic E-state index is 0.796. The molecule has 0 bridgehead atoms. The van der Waals surface area contributed by atoms with Gasteiger partial charge < -0.3 is 20.0 Å². The number of pyridine rings is 1. The van der Waals surface area contributed by atoms with E-state index in [1.807, 2.05) is 18.3 Å². The van der Waals surface area contributed by atoms with Gasteiger partial charge in [0.15, 0.2) is 5.96 Å². The average molecular weight is 381 g/mol. The first-order valence-electron chi connectivity index (χ1n) is 10.1. The summed E-state index contributed by atoms with van der Waals surface area (Å²) < 4.78 is 0. The van der Waals surface area contributed by atoms with Gasteiger partial charge in [0, 0.05) is 65.2 Å². The number of hydrogen-bond donors (Lipinski definition) is 1. The van der Waals surface area contributed by atoms with Crippen molar-refractivity contribution < 1.29 is 0 Å². The molecule has 1 aromatic heterocycles. The largest absolute Gasteiger partial charge is 0.378 e. The standard InChI is InChI=1S/C22H32N6/c1-4-23-22(25-14-12-19-8-10-20(11-9-19)26(2)3)28-17-15-27(16-18-28)21-7-5-6-13-24-21/h5-11,13H,4,12,14-18H2,1-3H3,(H,23,25). The molecule has 1 fully saturated rings. The second-order valence-corrected chi connectivity index (χ2v) is 7.21. The van der Waals surface area contributed by atoms with Crippen LogP contribution in [-0.4, -0.2) is 69.2 Å². The minimum Gasteiger partial charge on any atom is -0.378 e. The summed E-state index contributed by atoms with van der Waals surface area (Å²) in [6.07, 6.45) is 2.81. The Balaban J connectivity index is 1.54. The highest BCUT2D eigenvalue weighted by Gasteiger charge is 2.20. The maximum Gasteiger partial charge on any atom is 0.194 e. The third-order valence-corrected chi connectivity index (χ3v) is 5.00. The first-order valence-corrected chi connectivity index (χ1v) is 10.1. The van der Waals surface area contributed by atoms with Gasteiger partial charge in [-0.25, -0.2) is 4.98 Å². The zero-order valence-corrected chi connectivity index (χ0v) is 17.3. The van der Waals surface area contributed by atoms with E-state index in [1.165, 1.54) is 11.3 Å². The number of rotatable bonds is 6. The van der Waals surface area contributed by atoms with Crippen molar-refractivity contribution in [2.24, 2.45) is 4.99 Å². The summed E-state index contributed by atoms with van der Waals surface area (Å²) in [5.41, 5.74) is 2.55. The molecule has 150 valence electrons. The van der Waals surface area contributed by atoms with Gasteiger partial charge in [0.2, 0.25) is 0 Å². The van der Waals surface area contributed by atoms with Gasteiger partial charge >= 0.3 is 0 Å². The lowest BCUT2D eigenvalue weighted by molar-refractivity contribution is 0.371. The SMILES string of the molecule is CCNC(=NCCc1ccc(N(C)C)cc1)N1CCN(c2ccccn2)CC1. The molecule has 0 atom stereocenters. The van der Waals surface area contributed by atoms with Crippen molar-refractivity contribution >= 4 is 17.5 Å². The Hall–Kier alpha value is -2.76. The monoisotopic (exact) mass is 380 g/mol. The lowest BCUT2D eigenvalue weighted by Gasteiger charge is -2.37. The highest BCUT2D eigenvalue weighted by molar-refractivity contribution is 5.80. The van der Waals surface area contributed by atoms with E-state index in [0.29, 0.717) is 0 Å². The van der Waals surface area contributed by atoms with E-state index < -0.39 is 0 Å². The predicted octanol–water partition coefficient (Wildman–Crippen LogP) is 2.48. The quantitative estimate of drug-likeness (QED) is 0.616. The van der Waals surface area contributed by atoms with Crippen LogP contribution in [0, 0.1) is 0 Å². The van der Waals surface area contributed by atoms with E-state index in [9.17, 15) is 0 Å². The Kier molecular flexibility index (Phi) is 7.12. The molecular formula is C22H32N6. The van der Waals surface area contributed by atoms with Gasteiger partial charge in [-0.15, -0.1) is 0 Å². The van der Waals surface area contributed by atoms with Crippen LogP contribution in [0.15, 0.2) is 53.7 Å². The van der Waals surface area contributed by atoms with E-state index in [-0.39, 0.29) is 0 Å². The number of hydrogen-bond acceptors (Lipinski definition) is 4. The molecule has 0 amide bonds. The molecule has 0 aliphatic carbocycles. The number of aliphatic imine (C=N–C) groups is 1. The molecule has 28 heavy (non-hydrogen) atoms. The van der Waals surface area contributed by atoms with E-state index in [0.717, 1.165) is 57.5 Å². The number of nitrogens with one attached hydrogen (secondary N) is 1. The molecule has 2 aromatic rings. The third-order valence-electron chi connectivity index (χ3n) is 5.00. The van der Waals surface area contributed by atoms with E-state index in [4.69, 9.17) is 4.99 Å².